The van der Waals surface area contributed by atoms with Crippen LogP contribution in [0.4, 0.5) is 0 Å². The first-order valence-corrected chi connectivity index (χ1v) is 5.73. The van der Waals surface area contributed by atoms with Gasteiger partial charge in [0, 0.05) is 21.3 Å². The van der Waals surface area contributed by atoms with Gasteiger partial charge in [-0.15, -0.1) is 0 Å². The molecule has 0 spiro atoms. The molecule has 0 aromatic carbocycles. The molecule has 0 radical (unpaired) electrons. The van der Waals surface area contributed by atoms with Gasteiger partial charge in [-0.3, -0.25) is 0 Å². The average molecular weight is 202 g/mol. The second-order valence-corrected chi connectivity index (χ2v) is 5.49. The first-order valence-electron chi connectivity index (χ1n) is 3.93. The molecule has 1 aliphatic heterocycles. The Morgan fingerprint density at radius 2 is 1.69 bits per heavy atom. The van der Waals surface area contributed by atoms with Crippen molar-refractivity contribution in [3.63, 3.8) is 0 Å². The summed E-state index contributed by atoms with van der Waals surface area (Å²) in [7, 11) is 2.02. The fraction of sp³-hybridized carbons (Fsp3) is 0.500. The quantitative estimate of drug-likeness (QED) is 0.634. The number of hydrogen-bond donors (Lipinski definition) is 0. The fourth-order valence-corrected chi connectivity index (χ4v) is 2.97. The molecule has 1 atom stereocenters. The molecule has 0 N–H and O–H groups in total. The van der Waals surface area contributed by atoms with Crippen molar-refractivity contribution in [1.29, 1.82) is 0 Å². The Kier molecular flexibility index (Phi) is 3.67. The Balaban J connectivity index is 2.74. The van der Waals surface area contributed by atoms with E-state index in [1.54, 1.807) is 33.7 Å². The van der Waals surface area contributed by atoms with Crippen LogP contribution in [-0.2, 0) is 18.0 Å². The van der Waals surface area contributed by atoms with E-state index in [1.165, 1.54) is 0 Å². The van der Waals surface area contributed by atoms with Crippen molar-refractivity contribution < 1.29 is 18.0 Å². The lowest BCUT2D eigenvalue weighted by Gasteiger charge is -2.30. The highest BCUT2D eigenvalue weighted by atomic mass is 28.4. The first-order chi connectivity index (χ1) is 6.29. The molecule has 1 unspecified atom stereocenters. The van der Waals surface area contributed by atoms with Gasteiger partial charge in [0.05, 0.1) is 6.26 Å². The predicted octanol–water partition coefficient (Wildman–Crippen LogP) is 0.872. The molecule has 0 aliphatic carbocycles. The SMILES string of the molecule is CO[Si](OC)(OC)C1C=CC=CO1. The monoisotopic (exact) mass is 202 g/mol. The maximum atomic E-state index is 5.34. The highest BCUT2D eigenvalue weighted by Crippen LogP contribution is 2.18. The Morgan fingerprint density at radius 1 is 1.08 bits per heavy atom. The summed E-state index contributed by atoms with van der Waals surface area (Å²) in [5.74, 6) is 0. The molecule has 1 heterocycles. The normalized spacial score (nSPS) is 21.6. The van der Waals surface area contributed by atoms with Gasteiger partial charge in [0.2, 0.25) is 0 Å². The van der Waals surface area contributed by atoms with Crippen LogP contribution < -0.4 is 0 Å². The topological polar surface area (TPSA) is 36.9 Å². The van der Waals surface area contributed by atoms with E-state index in [1.807, 2.05) is 12.2 Å². The van der Waals surface area contributed by atoms with Gasteiger partial charge in [-0.25, -0.2) is 0 Å². The minimum atomic E-state index is -2.68. The third-order valence-electron chi connectivity index (χ3n) is 1.90. The lowest BCUT2D eigenvalue weighted by molar-refractivity contribution is 0.0667. The summed E-state index contributed by atoms with van der Waals surface area (Å²) in [6.07, 6.45) is 7.15. The molecule has 0 saturated heterocycles. The van der Waals surface area contributed by atoms with Gasteiger partial charge >= 0.3 is 8.80 Å². The second-order valence-electron chi connectivity index (χ2n) is 2.49. The van der Waals surface area contributed by atoms with Crippen molar-refractivity contribution in [1.82, 2.24) is 0 Å². The van der Waals surface area contributed by atoms with Crippen molar-refractivity contribution in [2.24, 2.45) is 0 Å². The Labute approximate surface area is 79.1 Å². The van der Waals surface area contributed by atoms with Crippen LogP contribution in [0.2, 0.25) is 0 Å². The van der Waals surface area contributed by atoms with E-state index >= 15 is 0 Å². The standard InChI is InChI=1S/C8H14O4Si/c1-9-13(10-2,11-3)8-6-4-5-7-12-8/h4-8H,1-3H3. The van der Waals surface area contributed by atoms with Crippen molar-refractivity contribution in [2.75, 3.05) is 21.3 Å². The molecule has 1 aliphatic rings. The van der Waals surface area contributed by atoms with E-state index < -0.39 is 8.80 Å². The van der Waals surface area contributed by atoms with Crippen LogP contribution in [0.15, 0.2) is 24.5 Å². The molecular formula is C8H14O4Si. The van der Waals surface area contributed by atoms with Gasteiger partial charge in [-0.2, -0.15) is 0 Å². The summed E-state index contributed by atoms with van der Waals surface area (Å²) in [6.45, 7) is 0. The van der Waals surface area contributed by atoms with Gasteiger partial charge in [0.25, 0.3) is 0 Å². The van der Waals surface area contributed by atoms with Crippen LogP contribution in [0.5, 0.6) is 0 Å². The van der Waals surface area contributed by atoms with Crippen LogP contribution in [0.25, 0.3) is 0 Å². The smallest absolute Gasteiger partial charge is 0.489 e. The van der Waals surface area contributed by atoms with E-state index in [9.17, 15) is 0 Å². The molecule has 4 nitrogen and oxygen atoms in total. The highest BCUT2D eigenvalue weighted by Gasteiger charge is 2.48. The van der Waals surface area contributed by atoms with Crippen LogP contribution in [-0.4, -0.2) is 35.9 Å². The molecule has 0 amide bonds. The van der Waals surface area contributed by atoms with Crippen LogP contribution in [0.3, 0.4) is 0 Å². The molecule has 13 heavy (non-hydrogen) atoms. The lowest BCUT2D eigenvalue weighted by Crippen LogP contribution is -2.54. The zero-order chi connectivity index (χ0) is 9.73. The Hall–Kier alpha value is -0.623. The molecule has 74 valence electrons. The summed E-state index contributed by atoms with van der Waals surface area (Å²) >= 11 is 0. The third-order valence-corrected chi connectivity index (χ3v) is 4.64. The van der Waals surface area contributed by atoms with Gasteiger partial charge < -0.3 is 18.0 Å². The minimum absolute atomic E-state index is 0.252. The highest BCUT2D eigenvalue weighted by molar-refractivity contribution is 6.62. The molecular weight excluding hydrogens is 188 g/mol. The summed E-state index contributed by atoms with van der Waals surface area (Å²) < 4.78 is 21.1. The van der Waals surface area contributed by atoms with Gasteiger partial charge in [0.15, 0.2) is 5.73 Å². The molecule has 5 heteroatoms. The predicted molar refractivity (Wildman–Crippen MR) is 49.9 cm³/mol. The molecule has 1 rings (SSSR count). The second kappa shape index (κ2) is 4.57. The summed E-state index contributed by atoms with van der Waals surface area (Å²) in [6, 6.07) is 0. The van der Waals surface area contributed by atoms with E-state index in [2.05, 4.69) is 0 Å². The fourth-order valence-electron chi connectivity index (χ4n) is 1.19. The molecule has 0 saturated carbocycles. The summed E-state index contributed by atoms with van der Waals surface area (Å²) in [4.78, 5) is 0. The van der Waals surface area contributed by atoms with E-state index in [0.29, 0.717) is 0 Å². The minimum Gasteiger partial charge on any atom is -0.489 e. The molecule has 0 aromatic heterocycles. The largest absolute Gasteiger partial charge is 0.547 e. The Bertz CT molecular complexity index is 202. The maximum Gasteiger partial charge on any atom is 0.547 e. The van der Waals surface area contributed by atoms with Gasteiger partial charge in [-0.05, 0) is 12.2 Å². The van der Waals surface area contributed by atoms with E-state index in [0.717, 1.165) is 0 Å². The summed E-state index contributed by atoms with van der Waals surface area (Å²) in [5, 5.41) is 0. The number of allylic oxidation sites excluding steroid dienone is 2. The van der Waals surface area contributed by atoms with Crippen molar-refractivity contribution in [2.45, 2.75) is 5.73 Å². The number of hydrogen-bond acceptors (Lipinski definition) is 4. The maximum absolute atomic E-state index is 5.34. The van der Waals surface area contributed by atoms with Crippen LogP contribution in [0, 0.1) is 0 Å². The first kappa shape index (κ1) is 10.5. The van der Waals surface area contributed by atoms with Crippen molar-refractivity contribution in [3.8, 4) is 0 Å². The average Bonchev–Trinajstić information content (AvgIpc) is 2.23. The number of rotatable bonds is 4. The van der Waals surface area contributed by atoms with Gasteiger partial charge in [-0.1, -0.05) is 6.08 Å². The third kappa shape index (κ3) is 2.00. The van der Waals surface area contributed by atoms with E-state index in [-0.39, 0.29) is 5.73 Å². The Morgan fingerprint density at radius 3 is 2.08 bits per heavy atom. The lowest BCUT2D eigenvalue weighted by atomic mass is 10.4. The van der Waals surface area contributed by atoms with Crippen molar-refractivity contribution >= 4 is 8.80 Å². The molecule has 0 bridgehead atoms. The van der Waals surface area contributed by atoms with Gasteiger partial charge in [0.1, 0.15) is 0 Å². The summed E-state index contributed by atoms with van der Waals surface area (Å²) in [5.41, 5.74) is -0.252. The van der Waals surface area contributed by atoms with E-state index in [4.69, 9.17) is 18.0 Å². The van der Waals surface area contributed by atoms with Crippen LogP contribution >= 0.6 is 0 Å². The molecule has 0 aromatic rings. The van der Waals surface area contributed by atoms with Crippen LogP contribution in [0.1, 0.15) is 0 Å². The zero-order valence-corrected chi connectivity index (χ0v) is 9.02. The van der Waals surface area contributed by atoms with Crippen molar-refractivity contribution in [3.05, 3.63) is 24.5 Å². The molecule has 0 fully saturated rings. The number of ether oxygens (including phenoxy) is 1. The zero-order valence-electron chi connectivity index (χ0n) is 8.02.